The molecule has 0 fully saturated rings. The van der Waals surface area contributed by atoms with Crippen LogP contribution in [0.2, 0.25) is 0 Å². The molecule has 0 aliphatic carbocycles. The quantitative estimate of drug-likeness (QED) is 0.105. The summed E-state index contributed by atoms with van der Waals surface area (Å²) in [6.45, 7) is 4.68. The number of benzene rings is 1. The highest BCUT2D eigenvalue weighted by Gasteiger charge is 2.36. The molecular formula is C23H33NO12S. The summed E-state index contributed by atoms with van der Waals surface area (Å²) >= 11 is 0. The molecule has 0 aromatic heterocycles. The molecule has 0 spiro atoms. The molecule has 14 heteroatoms. The fraction of sp³-hybridized carbons (Fsp3) is 0.565. The van der Waals surface area contributed by atoms with Gasteiger partial charge in [0, 0.05) is 18.9 Å². The summed E-state index contributed by atoms with van der Waals surface area (Å²) < 4.78 is 48.4. The lowest BCUT2D eigenvalue weighted by Crippen LogP contribution is -2.42. The first-order chi connectivity index (χ1) is 17.3. The Morgan fingerprint density at radius 1 is 1.05 bits per heavy atom. The van der Waals surface area contributed by atoms with Gasteiger partial charge in [-0.15, -0.1) is 0 Å². The summed E-state index contributed by atoms with van der Waals surface area (Å²) in [6.07, 6.45) is -2.78. The highest BCUT2D eigenvalue weighted by atomic mass is 32.2. The number of hydrogen-bond donors (Lipinski definition) is 2. The number of carbonyl (C=O) groups excluding carboxylic acids is 4. The molecule has 13 nitrogen and oxygen atoms in total. The van der Waals surface area contributed by atoms with Gasteiger partial charge in [-0.25, -0.2) is 14.4 Å². The molecule has 0 saturated carbocycles. The second-order valence-corrected chi connectivity index (χ2v) is 10.1. The maximum atomic E-state index is 12.2. The van der Waals surface area contributed by atoms with E-state index in [2.05, 4.69) is 5.32 Å². The molecule has 0 aliphatic heterocycles. The minimum absolute atomic E-state index is 0.0232. The Kier molecular flexibility index (Phi) is 13.0. The summed E-state index contributed by atoms with van der Waals surface area (Å²) in [4.78, 5) is 46.8. The first-order valence-electron chi connectivity index (χ1n) is 11.4. The zero-order valence-corrected chi connectivity index (χ0v) is 22.0. The van der Waals surface area contributed by atoms with Crippen molar-refractivity contribution in [3.05, 3.63) is 29.8 Å². The second-order valence-electron chi connectivity index (χ2n) is 8.34. The molecule has 0 bridgehead atoms. The van der Waals surface area contributed by atoms with Gasteiger partial charge in [0.2, 0.25) is 5.91 Å². The highest BCUT2D eigenvalue weighted by Crippen LogP contribution is 2.23. The third-order valence-electron chi connectivity index (χ3n) is 4.64. The normalized spacial score (nSPS) is 12.2. The maximum absolute atomic E-state index is 12.2. The molecule has 0 saturated heterocycles. The lowest BCUT2D eigenvalue weighted by atomic mass is 9.88. The average Bonchev–Trinajstić information content (AvgIpc) is 2.83. The van der Waals surface area contributed by atoms with Crippen LogP contribution >= 0.6 is 0 Å². The molecule has 0 aliphatic rings. The van der Waals surface area contributed by atoms with E-state index < -0.39 is 59.6 Å². The first-order valence-corrected chi connectivity index (χ1v) is 12.9. The fourth-order valence-electron chi connectivity index (χ4n) is 2.61. The summed E-state index contributed by atoms with van der Waals surface area (Å²) in [6, 6.07) is 5.88. The van der Waals surface area contributed by atoms with E-state index in [0.717, 1.165) is 0 Å². The summed E-state index contributed by atoms with van der Waals surface area (Å²) in [7, 11) is -3.95. The topological polar surface area (TPSA) is 181 Å². The van der Waals surface area contributed by atoms with Crippen molar-refractivity contribution in [2.75, 3.05) is 38.7 Å². The van der Waals surface area contributed by atoms with Crippen molar-refractivity contribution in [3.8, 4) is 5.75 Å². The molecule has 1 aromatic rings. The van der Waals surface area contributed by atoms with Crippen LogP contribution in [0.1, 0.15) is 44.5 Å². The number of esters is 2. The number of nitrogens with one attached hydrogen (secondary N) is 1. The van der Waals surface area contributed by atoms with Gasteiger partial charge in [-0.3, -0.25) is 8.98 Å². The van der Waals surface area contributed by atoms with E-state index in [4.69, 9.17) is 23.1 Å². The van der Waals surface area contributed by atoms with E-state index in [0.29, 0.717) is 0 Å². The molecular weight excluding hydrogens is 514 g/mol. The van der Waals surface area contributed by atoms with E-state index in [-0.39, 0.29) is 42.5 Å². The van der Waals surface area contributed by atoms with Gasteiger partial charge >= 0.3 is 18.1 Å². The van der Waals surface area contributed by atoms with Crippen LogP contribution in [0.15, 0.2) is 24.3 Å². The van der Waals surface area contributed by atoms with Crippen LogP contribution in [-0.4, -0.2) is 82.4 Å². The highest BCUT2D eigenvalue weighted by molar-refractivity contribution is 7.86. The Hall–Kier alpha value is -3.23. The monoisotopic (exact) mass is 547 g/mol. The van der Waals surface area contributed by atoms with E-state index >= 15 is 0 Å². The van der Waals surface area contributed by atoms with Crippen molar-refractivity contribution >= 4 is 34.1 Å². The number of carbonyl (C=O) groups is 4. The largest absolute Gasteiger partial charge is 0.513 e. The number of rotatable bonds is 15. The standard InChI is InChI=1S/C23H33NO12S/c1-5-32-20(27)17-9-6-7-10-18(17)36-22(29)34-13-12-33-21(28)19(26)23(3,4)15-35-37(30,31)14-8-11-24-16(2)25/h6-7,9-10,19,26H,5,8,11-15H2,1-4H3,(H,24,25)/t19-/m0/s1. The molecule has 208 valence electrons. The minimum Gasteiger partial charge on any atom is -0.462 e. The zero-order valence-electron chi connectivity index (χ0n) is 21.2. The Morgan fingerprint density at radius 2 is 1.70 bits per heavy atom. The van der Waals surface area contributed by atoms with Crippen molar-refractivity contribution in [2.45, 2.75) is 40.2 Å². The summed E-state index contributed by atoms with van der Waals surface area (Å²) in [5.41, 5.74) is -1.31. The van der Waals surface area contributed by atoms with E-state index in [9.17, 15) is 32.7 Å². The molecule has 1 aromatic carbocycles. The minimum atomic E-state index is -3.95. The first kappa shape index (κ1) is 31.8. The predicted molar refractivity (Wildman–Crippen MR) is 128 cm³/mol. The number of aliphatic hydroxyl groups is 1. The van der Waals surface area contributed by atoms with Crippen molar-refractivity contribution in [1.29, 1.82) is 0 Å². The van der Waals surface area contributed by atoms with Crippen LogP contribution in [0, 0.1) is 5.41 Å². The lowest BCUT2D eigenvalue weighted by Gasteiger charge is -2.28. The van der Waals surface area contributed by atoms with Crippen LogP contribution < -0.4 is 10.1 Å². The van der Waals surface area contributed by atoms with Gasteiger partial charge in [0.05, 0.1) is 19.0 Å². The number of ether oxygens (including phenoxy) is 4. The van der Waals surface area contributed by atoms with Gasteiger partial charge in [-0.2, -0.15) is 8.42 Å². The molecule has 0 heterocycles. The number of hydrogen-bond acceptors (Lipinski definition) is 12. The Balaban J connectivity index is 2.45. The third-order valence-corrected chi connectivity index (χ3v) is 5.91. The van der Waals surface area contributed by atoms with Gasteiger partial charge < -0.3 is 29.4 Å². The number of amides is 1. The Bertz CT molecular complexity index is 1040. The van der Waals surface area contributed by atoms with Gasteiger partial charge in [-0.1, -0.05) is 26.0 Å². The van der Waals surface area contributed by atoms with Crippen molar-refractivity contribution < 1.29 is 55.8 Å². The van der Waals surface area contributed by atoms with Crippen molar-refractivity contribution in [2.24, 2.45) is 5.41 Å². The summed E-state index contributed by atoms with van der Waals surface area (Å²) in [5, 5.41) is 12.7. The molecule has 37 heavy (non-hydrogen) atoms. The van der Waals surface area contributed by atoms with E-state index in [1.165, 1.54) is 39.0 Å². The molecule has 0 unspecified atom stereocenters. The smallest absolute Gasteiger partial charge is 0.462 e. The van der Waals surface area contributed by atoms with Crippen molar-refractivity contribution in [1.82, 2.24) is 5.32 Å². The fourth-order valence-corrected chi connectivity index (χ4v) is 3.71. The number of para-hydroxylation sites is 1. The molecule has 1 atom stereocenters. The van der Waals surface area contributed by atoms with Crippen LogP contribution in [-0.2, 0) is 38.1 Å². The van der Waals surface area contributed by atoms with Gasteiger partial charge in [-0.05, 0) is 25.5 Å². The maximum Gasteiger partial charge on any atom is 0.513 e. The predicted octanol–water partition coefficient (Wildman–Crippen LogP) is 1.18. The van der Waals surface area contributed by atoms with Crippen LogP contribution in [0.5, 0.6) is 5.75 Å². The van der Waals surface area contributed by atoms with E-state index in [1.807, 2.05) is 0 Å². The lowest BCUT2D eigenvalue weighted by molar-refractivity contribution is -0.162. The average molecular weight is 548 g/mol. The van der Waals surface area contributed by atoms with Crippen LogP contribution in [0.4, 0.5) is 4.79 Å². The van der Waals surface area contributed by atoms with Gasteiger partial charge in [0.15, 0.2) is 6.10 Å². The van der Waals surface area contributed by atoms with Gasteiger partial charge in [0.1, 0.15) is 24.5 Å². The van der Waals surface area contributed by atoms with Gasteiger partial charge in [0.25, 0.3) is 10.1 Å². The van der Waals surface area contributed by atoms with Crippen LogP contribution in [0.25, 0.3) is 0 Å². The molecule has 1 rings (SSSR count). The zero-order chi connectivity index (χ0) is 28.1. The second kappa shape index (κ2) is 15.1. The van der Waals surface area contributed by atoms with E-state index in [1.54, 1.807) is 13.0 Å². The number of aliphatic hydroxyl groups excluding tert-OH is 1. The summed E-state index contributed by atoms with van der Waals surface area (Å²) in [5.74, 6) is -2.49. The molecule has 1 amide bonds. The van der Waals surface area contributed by atoms with Crippen LogP contribution in [0.3, 0.4) is 0 Å². The molecule has 2 N–H and O–H groups in total. The third kappa shape index (κ3) is 12.0. The van der Waals surface area contributed by atoms with Crippen molar-refractivity contribution in [3.63, 3.8) is 0 Å². The molecule has 0 radical (unpaired) electrons. The Labute approximate surface area is 215 Å². The SMILES string of the molecule is CCOC(=O)c1ccccc1OC(=O)OCCOC(=O)[C@H](O)C(C)(C)COS(=O)(=O)CCCNC(C)=O. The Morgan fingerprint density at radius 3 is 2.35 bits per heavy atom.